The number of amides is 2. The number of anilines is 1. The van der Waals surface area contributed by atoms with Crippen LogP contribution < -0.4 is 10.6 Å². The fraction of sp³-hybridized carbons (Fsp3) is 0.722. The van der Waals surface area contributed by atoms with Crippen LogP contribution in [0.1, 0.15) is 57.6 Å². The topological polar surface area (TPSA) is 96.2 Å². The molecule has 7 nitrogen and oxygen atoms in total. The van der Waals surface area contributed by atoms with Gasteiger partial charge in [0.15, 0.2) is 0 Å². The molecule has 0 spiro atoms. The molecule has 2 aliphatic carbocycles. The van der Waals surface area contributed by atoms with E-state index >= 15 is 0 Å². The molecular formula is C18H28N4O3. The molecule has 0 saturated heterocycles. The van der Waals surface area contributed by atoms with Crippen molar-refractivity contribution in [1.29, 1.82) is 0 Å². The zero-order chi connectivity index (χ0) is 18.2. The Morgan fingerprint density at radius 1 is 1.32 bits per heavy atom. The molecule has 1 aromatic rings. The summed E-state index contributed by atoms with van der Waals surface area (Å²) in [6, 6.07) is 0. The van der Waals surface area contributed by atoms with Crippen LogP contribution in [-0.4, -0.2) is 39.9 Å². The van der Waals surface area contributed by atoms with Crippen LogP contribution in [0.15, 0.2) is 6.20 Å². The molecule has 0 aliphatic heterocycles. The Labute approximate surface area is 148 Å². The molecule has 2 aliphatic rings. The minimum Gasteiger partial charge on any atom is -0.396 e. The minimum atomic E-state index is -0.682. The van der Waals surface area contributed by atoms with E-state index in [9.17, 15) is 14.7 Å². The highest BCUT2D eigenvalue weighted by atomic mass is 16.3. The summed E-state index contributed by atoms with van der Waals surface area (Å²) in [6.45, 7) is 4.43. The fourth-order valence-corrected chi connectivity index (χ4v) is 4.04. The summed E-state index contributed by atoms with van der Waals surface area (Å²) in [7, 11) is 1.81. The summed E-state index contributed by atoms with van der Waals surface area (Å²) < 4.78 is 1.68. The van der Waals surface area contributed by atoms with Gasteiger partial charge < -0.3 is 15.7 Å². The maximum atomic E-state index is 12.3. The number of carbonyl (C=O) groups excluding carboxylic acids is 2. The molecule has 7 heteroatoms. The van der Waals surface area contributed by atoms with Gasteiger partial charge in [0.05, 0.1) is 18.0 Å². The molecule has 2 fully saturated rings. The first-order chi connectivity index (χ1) is 11.8. The number of rotatable bonds is 5. The van der Waals surface area contributed by atoms with Crippen LogP contribution in [0, 0.1) is 10.8 Å². The number of aliphatic hydroxyl groups is 1. The van der Waals surface area contributed by atoms with Gasteiger partial charge in [-0.05, 0) is 24.7 Å². The molecule has 0 aromatic carbocycles. The Bertz CT molecular complexity index is 676. The zero-order valence-electron chi connectivity index (χ0n) is 15.3. The van der Waals surface area contributed by atoms with Crippen LogP contribution in [0.5, 0.6) is 0 Å². The van der Waals surface area contributed by atoms with Gasteiger partial charge in [0.1, 0.15) is 0 Å². The Balaban J connectivity index is 1.60. The number of aromatic nitrogens is 2. The normalized spacial score (nSPS) is 25.0. The SMILES string of the molecule is Cn1cc(NC(=O)C(=O)NCC2(CO)CC2(C)C)c(C2CCCC2)n1. The summed E-state index contributed by atoms with van der Waals surface area (Å²) in [4.78, 5) is 24.4. The van der Waals surface area contributed by atoms with Gasteiger partial charge in [0.25, 0.3) is 0 Å². The summed E-state index contributed by atoms with van der Waals surface area (Å²) in [5.41, 5.74) is 1.17. The van der Waals surface area contributed by atoms with Crippen molar-refractivity contribution in [3.05, 3.63) is 11.9 Å². The van der Waals surface area contributed by atoms with Crippen LogP contribution >= 0.6 is 0 Å². The summed E-state index contributed by atoms with van der Waals surface area (Å²) in [6.07, 6.45) is 7.08. The number of carbonyl (C=O) groups is 2. The highest BCUT2D eigenvalue weighted by Gasteiger charge is 2.60. The van der Waals surface area contributed by atoms with Crippen LogP contribution in [0.3, 0.4) is 0 Å². The summed E-state index contributed by atoms with van der Waals surface area (Å²) in [5.74, 6) is -1.000. The van der Waals surface area contributed by atoms with Gasteiger partial charge in [-0.2, -0.15) is 5.10 Å². The Hall–Kier alpha value is -1.89. The molecule has 0 bridgehead atoms. The van der Waals surface area contributed by atoms with Gasteiger partial charge in [0, 0.05) is 31.1 Å². The number of aliphatic hydroxyl groups excluding tert-OH is 1. The second-order valence-corrected chi connectivity index (χ2v) is 8.22. The van der Waals surface area contributed by atoms with Crippen molar-refractivity contribution in [2.24, 2.45) is 17.9 Å². The number of nitrogens with zero attached hydrogens (tertiary/aromatic N) is 2. The first-order valence-corrected chi connectivity index (χ1v) is 9.02. The minimum absolute atomic E-state index is 0.00943. The highest BCUT2D eigenvalue weighted by Crippen LogP contribution is 2.62. The average molecular weight is 348 g/mol. The van der Waals surface area contributed by atoms with Gasteiger partial charge in [0.2, 0.25) is 0 Å². The quantitative estimate of drug-likeness (QED) is 0.703. The molecular weight excluding hydrogens is 320 g/mol. The standard InChI is InChI=1S/C18H28N4O3/c1-17(2)9-18(17,11-23)10-19-15(24)16(25)20-13-8-22(3)21-14(13)12-6-4-5-7-12/h8,12,23H,4-7,9-11H2,1-3H3,(H,19,24)(H,20,25). The van der Waals surface area contributed by atoms with Crippen LogP contribution in [0.2, 0.25) is 0 Å². The van der Waals surface area contributed by atoms with Gasteiger partial charge in [-0.25, -0.2) is 0 Å². The first kappa shape index (κ1) is 17.9. The molecule has 25 heavy (non-hydrogen) atoms. The van der Waals surface area contributed by atoms with E-state index < -0.39 is 11.8 Å². The Morgan fingerprint density at radius 3 is 2.52 bits per heavy atom. The third-order valence-electron chi connectivity index (χ3n) is 6.03. The lowest BCUT2D eigenvalue weighted by atomic mass is 9.97. The number of aryl methyl sites for hydroxylation is 1. The van der Waals surface area contributed by atoms with Crippen LogP contribution in [0.25, 0.3) is 0 Å². The lowest BCUT2D eigenvalue weighted by Gasteiger charge is -2.18. The third kappa shape index (κ3) is 3.42. The molecule has 3 N–H and O–H groups in total. The monoisotopic (exact) mass is 348 g/mol. The molecule has 1 aromatic heterocycles. The molecule has 2 saturated carbocycles. The first-order valence-electron chi connectivity index (χ1n) is 9.02. The Morgan fingerprint density at radius 2 is 1.96 bits per heavy atom. The van der Waals surface area contributed by atoms with Gasteiger partial charge in [-0.1, -0.05) is 26.7 Å². The maximum absolute atomic E-state index is 12.3. The zero-order valence-corrected chi connectivity index (χ0v) is 15.3. The molecule has 3 rings (SSSR count). The van der Waals surface area contributed by atoms with E-state index in [2.05, 4.69) is 29.6 Å². The highest BCUT2D eigenvalue weighted by molar-refractivity contribution is 6.39. The van der Waals surface area contributed by atoms with Crippen molar-refractivity contribution in [3.63, 3.8) is 0 Å². The second kappa shape index (κ2) is 6.44. The van der Waals surface area contributed by atoms with Crippen LogP contribution in [0.4, 0.5) is 5.69 Å². The predicted molar refractivity (Wildman–Crippen MR) is 94.0 cm³/mol. The van der Waals surface area contributed by atoms with E-state index in [0.29, 0.717) is 18.2 Å². The van der Waals surface area contributed by atoms with Crippen molar-refractivity contribution in [3.8, 4) is 0 Å². The van der Waals surface area contributed by atoms with E-state index in [1.54, 1.807) is 10.9 Å². The van der Waals surface area contributed by atoms with Crippen molar-refractivity contribution in [2.75, 3.05) is 18.5 Å². The molecule has 1 heterocycles. The largest absolute Gasteiger partial charge is 0.396 e. The average Bonchev–Trinajstić information content (AvgIpc) is 2.98. The van der Waals surface area contributed by atoms with Crippen molar-refractivity contribution in [2.45, 2.75) is 51.9 Å². The fourth-order valence-electron chi connectivity index (χ4n) is 4.04. The second-order valence-electron chi connectivity index (χ2n) is 8.22. The van der Waals surface area contributed by atoms with Crippen molar-refractivity contribution in [1.82, 2.24) is 15.1 Å². The van der Waals surface area contributed by atoms with Crippen molar-refractivity contribution < 1.29 is 14.7 Å². The smallest absolute Gasteiger partial charge is 0.313 e. The van der Waals surface area contributed by atoms with Crippen molar-refractivity contribution >= 4 is 17.5 Å². The number of nitrogens with one attached hydrogen (secondary N) is 2. The molecule has 1 unspecified atom stereocenters. The van der Waals surface area contributed by atoms with Gasteiger partial charge in [-0.15, -0.1) is 0 Å². The molecule has 1 atom stereocenters. The van der Waals surface area contributed by atoms with E-state index in [4.69, 9.17) is 0 Å². The van der Waals surface area contributed by atoms with E-state index in [1.165, 1.54) is 12.8 Å². The lowest BCUT2D eigenvalue weighted by Crippen LogP contribution is -2.40. The summed E-state index contributed by atoms with van der Waals surface area (Å²) in [5, 5.41) is 19.4. The number of hydrogen-bond donors (Lipinski definition) is 3. The molecule has 0 radical (unpaired) electrons. The van der Waals surface area contributed by atoms with E-state index in [-0.39, 0.29) is 17.4 Å². The van der Waals surface area contributed by atoms with Gasteiger partial charge in [-0.3, -0.25) is 14.3 Å². The Kier molecular flexibility index (Phi) is 4.62. The molecule has 138 valence electrons. The number of hydrogen-bond acceptors (Lipinski definition) is 4. The van der Waals surface area contributed by atoms with Crippen LogP contribution in [-0.2, 0) is 16.6 Å². The van der Waals surface area contributed by atoms with E-state index in [0.717, 1.165) is 25.0 Å². The maximum Gasteiger partial charge on any atom is 0.313 e. The predicted octanol–water partition coefficient (Wildman–Crippen LogP) is 1.54. The van der Waals surface area contributed by atoms with E-state index in [1.807, 2.05) is 7.05 Å². The lowest BCUT2D eigenvalue weighted by molar-refractivity contribution is -0.136. The third-order valence-corrected chi connectivity index (χ3v) is 6.03. The molecule has 2 amide bonds. The van der Waals surface area contributed by atoms with Gasteiger partial charge >= 0.3 is 11.8 Å². The summed E-state index contributed by atoms with van der Waals surface area (Å²) >= 11 is 0.